The molecule has 6 nitrogen and oxygen atoms in total. The van der Waals surface area contributed by atoms with E-state index >= 15 is 0 Å². The number of hydrogen-bond acceptors (Lipinski definition) is 5. The number of anilines is 2. The van der Waals surface area contributed by atoms with Crippen LogP contribution in [-0.4, -0.2) is 40.2 Å². The number of likely N-dealkylation sites (N-methyl/N-ethyl adjacent to an activating group) is 1. The summed E-state index contributed by atoms with van der Waals surface area (Å²) in [6.07, 6.45) is 1.94. The minimum Gasteiger partial charge on any atom is -0.384 e. The van der Waals surface area contributed by atoms with Crippen molar-refractivity contribution in [2.24, 2.45) is 0 Å². The smallest absolute Gasteiger partial charge is 0.185 e. The molecule has 4 N–H and O–H groups in total. The lowest BCUT2D eigenvalue weighted by Crippen LogP contribution is -2.28. The van der Waals surface area contributed by atoms with Crippen molar-refractivity contribution in [3.05, 3.63) is 47.0 Å². The summed E-state index contributed by atoms with van der Waals surface area (Å²) in [6, 6.07) is 10.5. The van der Waals surface area contributed by atoms with Crippen molar-refractivity contribution >= 4 is 22.7 Å². The van der Waals surface area contributed by atoms with E-state index in [2.05, 4.69) is 51.7 Å². The number of pyridine rings is 1. The van der Waals surface area contributed by atoms with Crippen molar-refractivity contribution in [2.45, 2.75) is 19.4 Å². The number of H-pyrrole nitrogens is 1. The number of rotatable bonds is 4. The molecule has 0 spiro atoms. The number of benzene rings is 1. The molecule has 0 amide bonds. The summed E-state index contributed by atoms with van der Waals surface area (Å²) >= 11 is 0. The third-order valence-corrected chi connectivity index (χ3v) is 4.67. The van der Waals surface area contributed by atoms with E-state index in [4.69, 9.17) is 10.7 Å². The molecule has 1 aliphatic rings. The van der Waals surface area contributed by atoms with Crippen LogP contribution in [0.4, 0.5) is 11.6 Å². The van der Waals surface area contributed by atoms with Gasteiger partial charge in [-0.25, -0.2) is 4.98 Å². The van der Waals surface area contributed by atoms with Gasteiger partial charge in [-0.3, -0.25) is 5.10 Å². The fraction of sp³-hybridized carbons (Fsp3) is 0.333. The van der Waals surface area contributed by atoms with Gasteiger partial charge < -0.3 is 16.0 Å². The Bertz CT molecular complexity index is 855. The lowest BCUT2D eigenvalue weighted by molar-refractivity contribution is 0.314. The van der Waals surface area contributed by atoms with Crippen molar-refractivity contribution in [1.82, 2.24) is 20.1 Å². The highest BCUT2D eigenvalue weighted by atomic mass is 15.2. The number of aromatic amines is 1. The molecule has 1 aromatic carbocycles. The highest BCUT2D eigenvalue weighted by molar-refractivity contribution is 5.92. The van der Waals surface area contributed by atoms with E-state index in [1.807, 2.05) is 6.07 Å². The fourth-order valence-electron chi connectivity index (χ4n) is 3.41. The molecule has 0 bridgehead atoms. The Labute approximate surface area is 141 Å². The van der Waals surface area contributed by atoms with Crippen molar-refractivity contribution < 1.29 is 0 Å². The zero-order valence-corrected chi connectivity index (χ0v) is 13.8. The van der Waals surface area contributed by atoms with Gasteiger partial charge in [0.25, 0.3) is 0 Å². The van der Waals surface area contributed by atoms with Gasteiger partial charge in [0.05, 0.1) is 5.39 Å². The van der Waals surface area contributed by atoms with Crippen LogP contribution in [0.2, 0.25) is 0 Å². The first kappa shape index (κ1) is 15.0. The van der Waals surface area contributed by atoms with Crippen molar-refractivity contribution in [3.8, 4) is 0 Å². The molecule has 4 rings (SSSR count). The normalized spacial score (nSPS) is 14.7. The van der Waals surface area contributed by atoms with Gasteiger partial charge in [0.1, 0.15) is 11.6 Å². The second-order valence-electron chi connectivity index (χ2n) is 6.40. The first-order valence-electron chi connectivity index (χ1n) is 8.34. The summed E-state index contributed by atoms with van der Waals surface area (Å²) in [7, 11) is 2.14. The molecule has 1 aliphatic heterocycles. The van der Waals surface area contributed by atoms with Crippen molar-refractivity contribution in [1.29, 1.82) is 0 Å². The van der Waals surface area contributed by atoms with Gasteiger partial charge >= 0.3 is 0 Å². The SMILES string of the molecule is CN1CCc2c(c(NCCc3ccccc3)nc3n[nH]c(N)c23)C1. The van der Waals surface area contributed by atoms with Crippen LogP contribution in [0.1, 0.15) is 16.7 Å². The van der Waals surface area contributed by atoms with Gasteiger partial charge in [0, 0.05) is 25.2 Å². The Balaban J connectivity index is 1.63. The molecule has 24 heavy (non-hydrogen) atoms. The molecule has 0 unspecified atom stereocenters. The molecular weight excluding hydrogens is 300 g/mol. The number of nitrogens with two attached hydrogens (primary N) is 1. The number of nitrogen functional groups attached to an aromatic ring is 1. The molecule has 0 atom stereocenters. The zero-order valence-electron chi connectivity index (χ0n) is 13.8. The number of nitrogens with one attached hydrogen (secondary N) is 2. The summed E-state index contributed by atoms with van der Waals surface area (Å²) in [5.41, 5.74) is 10.6. The maximum Gasteiger partial charge on any atom is 0.185 e. The fourth-order valence-corrected chi connectivity index (χ4v) is 3.41. The lowest BCUT2D eigenvalue weighted by Gasteiger charge is -2.27. The molecule has 0 radical (unpaired) electrons. The Morgan fingerprint density at radius 2 is 2.08 bits per heavy atom. The van der Waals surface area contributed by atoms with E-state index < -0.39 is 0 Å². The zero-order chi connectivity index (χ0) is 16.5. The molecule has 6 heteroatoms. The standard InChI is InChI=1S/C18H22N6/c1-24-10-8-13-14(11-24)17(21-18-15(13)16(19)22-23-18)20-9-7-12-5-3-2-4-6-12/h2-6H,7-11H2,1H3,(H4,19,20,21,22,23). The monoisotopic (exact) mass is 322 g/mol. The Morgan fingerprint density at radius 3 is 2.92 bits per heavy atom. The van der Waals surface area contributed by atoms with Gasteiger partial charge in [-0.2, -0.15) is 5.10 Å². The van der Waals surface area contributed by atoms with Crippen LogP contribution in [0.25, 0.3) is 11.0 Å². The van der Waals surface area contributed by atoms with Crippen molar-refractivity contribution in [2.75, 3.05) is 31.2 Å². The average Bonchev–Trinajstić information content (AvgIpc) is 2.97. The van der Waals surface area contributed by atoms with Crippen LogP contribution in [0.5, 0.6) is 0 Å². The highest BCUT2D eigenvalue weighted by Gasteiger charge is 2.23. The van der Waals surface area contributed by atoms with Crippen LogP contribution in [0.3, 0.4) is 0 Å². The maximum absolute atomic E-state index is 6.07. The Morgan fingerprint density at radius 1 is 1.25 bits per heavy atom. The summed E-state index contributed by atoms with van der Waals surface area (Å²) in [4.78, 5) is 7.03. The van der Waals surface area contributed by atoms with E-state index in [1.165, 1.54) is 16.7 Å². The summed E-state index contributed by atoms with van der Waals surface area (Å²) in [5, 5.41) is 11.6. The van der Waals surface area contributed by atoms with E-state index in [-0.39, 0.29) is 0 Å². The van der Waals surface area contributed by atoms with Gasteiger partial charge in [0.2, 0.25) is 0 Å². The van der Waals surface area contributed by atoms with E-state index in [0.29, 0.717) is 11.5 Å². The van der Waals surface area contributed by atoms with Gasteiger partial charge in [-0.15, -0.1) is 0 Å². The molecule has 0 saturated carbocycles. The van der Waals surface area contributed by atoms with Crippen LogP contribution < -0.4 is 11.1 Å². The summed E-state index contributed by atoms with van der Waals surface area (Å²) in [5.74, 6) is 1.56. The summed E-state index contributed by atoms with van der Waals surface area (Å²) in [6.45, 7) is 2.76. The van der Waals surface area contributed by atoms with Crippen LogP contribution in [-0.2, 0) is 19.4 Å². The predicted octanol–water partition coefficient (Wildman–Crippen LogP) is 2.18. The summed E-state index contributed by atoms with van der Waals surface area (Å²) < 4.78 is 0. The number of hydrogen-bond donors (Lipinski definition) is 3. The number of aromatic nitrogens is 3. The molecule has 124 valence electrons. The van der Waals surface area contributed by atoms with E-state index in [0.717, 1.165) is 43.7 Å². The van der Waals surface area contributed by atoms with E-state index in [1.54, 1.807) is 0 Å². The second-order valence-corrected chi connectivity index (χ2v) is 6.40. The van der Waals surface area contributed by atoms with Crippen LogP contribution >= 0.6 is 0 Å². The Hall–Kier alpha value is -2.60. The topological polar surface area (TPSA) is 82.9 Å². The first-order valence-corrected chi connectivity index (χ1v) is 8.34. The minimum absolute atomic E-state index is 0.620. The van der Waals surface area contributed by atoms with E-state index in [9.17, 15) is 0 Å². The number of nitrogens with zero attached hydrogens (tertiary/aromatic N) is 3. The van der Waals surface area contributed by atoms with Crippen molar-refractivity contribution in [3.63, 3.8) is 0 Å². The quantitative estimate of drug-likeness (QED) is 0.686. The highest BCUT2D eigenvalue weighted by Crippen LogP contribution is 2.32. The predicted molar refractivity (Wildman–Crippen MR) is 97.0 cm³/mol. The van der Waals surface area contributed by atoms with Gasteiger partial charge in [0.15, 0.2) is 5.65 Å². The van der Waals surface area contributed by atoms with Gasteiger partial charge in [-0.05, 0) is 31.0 Å². The average molecular weight is 322 g/mol. The molecule has 0 aliphatic carbocycles. The third-order valence-electron chi connectivity index (χ3n) is 4.67. The second kappa shape index (κ2) is 6.13. The van der Waals surface area contributed by atoms with Gasteiger partial charge in [-0.1, -0.05) is 30.3 Å². The minimum atomic E-state index is 0.620. The Kier molecular flexibility index (Phi) is 3.82. The number of fused-ring (bicyclic) bond motifs is 3. The molecule has 0 saturated heterocycles. The first-order chi connectivity index (χ1) is 11.7. The molecule has 3 aromatic rings. The molecular formula is C18H22N6. The van der Waals surface area contributed by atoms with Crippen LogP contribution in [0.15, 0.2) is 30.3 Å². The largest absolute Gasteiger partial charge is 0.384 e. The van der Waals surface area contributed by atoms with Crippen LogP contribution in [0, 0.1) is 0 Å². The maximum atomic E-state index is 6.07. The molecule has 2 aromatic heterocycles. The molecule has 3 heterocycles. The molecule has 0 fully saturated rings. The third kappa shape index (κ3) is 2.69. The lowest BCUT2D eigenvalue weighted by atomic mass is 9.97.